The minimum atomic E-state index is -1.10. The van der Waals surface area contributed by atoms with Crippen LogP contribution in [0.15, 0.2) is 24.3 Å². The van der Waals surface area contributed by atoms with E-state index >= 15 is 0 Å². The molecule has 0 radical (unpaired) electrons. The third-order valence-electron chi connectivity index (χ3n) is 2.49. The van der Waals surface area contributed by atoms with Gasteiger partial charge in [0.25, 0.3) is 5.91 Å². The van der Waals surface area contributed by atoms with E-state index in [1.807, 2.05) is 0 Å². The van der Waals surface area contributed by atoms with Crippen molar-refractivity contribution in [1.82, 2.24) is 5.32 Å². The molecule has 0 fully saturated rings. The maximum Gasteiger partial charge on any atom is 0.326 e. The van der Waals surface area contributed by atoms with Crippen LogP contribution in [0.25, 0.3) is 0 Å². The molecule has 2 N–H and O–H groups in total. The lowest BCUT2D eigenvalue weighted by molar-refractivity contribution is -0.142. The molecular weight excluding hydrogens is 237 g/mol. The van der Waals surface area contributed by atoms with E-state index in [9.17, 15) is 14.0 Å². The number of carbonyl (C=O) groups is 2. The van der Waals surface area contributed by atoms with Crippen LogP contribution < -0.4 is 5.32 Å². The zero-order valence-electron chi connectivity index (χ0n) is 10.5. The second kappa shape index (κ2) is 5.16. The van der Waals surface area contributed by atoms with Crippen molar-refractivity contribution in [3.05, 3.63) is 35.6 Å². The van der Waals surface area contributed by atoms with Gasteiger partial charge in [0.1, 0.15) is 11.9 Å². The van der Waals surface area contributed by atoms with Gasteiger partial charge in [-0.15, -0.1) is 0 Å². The fourth-order valence-corrected chi connectivity index (χ4v) is 1.46. The predicted octanol–water partition coefficient (Wildman–Crippen LogP) is 2.05. The second-order valence-corrected chi connectivity index (χ2v) is 5.12. The van der Waals surface area contributed by atoms with Gasteiger partial charge in [0.05, 0.1) is 0 Å². The van der Waals surface area contributed by atoms with E-state index in [4.69, 9.17) is 5.11 Å². The van der Waals surface area contributed by atoms with Crippen LogP contribution in [-0.2, 0) is 4.79 Å². The second-order valence-electron chi connectivity index (χ2n) is 5.12. The minimum Gasteiger partial charge on any atom is -0.480 e. The monoisotopic (exact) mass is 253 g/mol. The summed E-state index contributed by atoms with van der Waals surface area (Å²) in [5.41, 5.74) is -0.381. The van der Waals surface area contributed by atoms with E-state index < -0.39 is 29.2 Å². The van der Waals surface area contributed by atoms with E-state index in [0.29, 0.717) is 0 Å². The van der Waals surface area contributed by atoms with Gasteiger partial charge in [-0.2, -0.15) is 0 Å². The van der Waals surface area contributed by atoms with E-state index in [0.717, 1.165) is 12.1 Å². The molecule has 0 heterocycles. The Morgan fingerprint density at radius 1 is 1.22 bits per heavy atom. The Morgan fingerprint density at radius 3 is 2.11 bits per heavy atom. The molecule has 1 aromatic rings. The summed E-state index contributed by atoms with van der Waals surface area (Å²) in [6.07, 6.45) is 0. The summed E-state index contributed by atoms with van der Waals surface area (Å²) in [7, 11) is 0. The van der Waals surface area contributed by atoms with Crippen molar-refractivity contribution in [2.24, 2.45) is 5.41 Å². The molecule has 1 aromatic carbocycles. The van der Waals surface area contributed by atoms with Crippen molar-refractivity contribution in [3.63, 3.8) is 0 Å². The number of amides is 1. The number of hydrogen-bond acceptors (Lipinski definition) is 2. The standard InChI is InChI=1S/C13H16FNO3/c1-13(2,3)10(12(17)18)15-11(16)8-4-6-9(14)7-5-8/h4-7,10H,1-3H3,(H,15,16)(H,17,18)/t10-/m1/s1. The first-order valence-corrected chi connectivity index (χ1v) is 5.51. The first-order chi connectivity index (χ1) is 8.21. The highest BCUT2D eigenvalue weighted by Gasteiger charge is 2.32. The van der Waals surface area contributed by atoms with Gasteiger partial charge in [-0.1, -0.05) is 20.8 Å². The van der Waals surface area contributed by atoms with E-state index in [1.165, 1.54) is 12.1 Å². The van der Waals surface area contributed by atoms with Crippen molar-refractivity contribution in [2.75, 3.05) is 0 Å². The van der Waals surface area contributed by atoms with Crippen molar-refractivity contribution in [1.29, 1.82) is 0 Å². The van der Waals surface area contributed by atoms with Gasteiger partial charge in [-0.3, -0.25) is 4.79 Å². The van der Waals surface area contributed by atoms with Crippen LogP contribution in [0.4, 0.5) is 4.39 Å². The fourth-order valence-electron chi connectivity index (χ4n) is 1.46. The van der Waals surface area contributed by atoms with E-state index in [-0.39, 0.29) is 5.56 Å². The quantitative estimate of drug-likeness (QED) is 0.866. The topological polar surface area (TPSA) is 66.4 Å². The average molecular weight is 253 g/mol. The highest BCUT2D eigenvalue weighted by Crippen LogP contribution is 2.20. The van der Waals surface area contributed by atoms with Crippen molar-refractivity contribution in [2.45, 2.75) is 26.8 Å². The molecule has 5 heteroatoms. The molecule has 0 aromatic heterocycles. The summed E-state index contributed by atoms with van der Waals surface area (Å²) >= 11 is 0. The smallest absolute Gasteiger partial charge is 0.326 e. The van der Waals surface area contributed by atoms with Crippen LogP contribution in [0.5, 0.6) is 0 Å². The lowest BCUT2D eigenvalue weighted by atomic mass is 9.86. The Kier molecular flexibility index (Phi) is 4.06. The Morgan fingerprint density at radius 2 is 1.72 bits per heavy atom. The SMILES string of the molecule is CC(C)(C)[C@H](NC(=O)c1ccc(F)cc1)C(=O)O. The van der Waals surface area contributed by atoms with Crippen LogP contribution in [0, 0.1) is 11.2 Å². The van der Waals surface area contributed by atoms with Gasteiger partial charge in [0.2, 0.25) is 0 Å². The third-order valence-corrected chi connectivity index (χ3v) is 2.49. The maximum absolute atomic E-state index is 12.7. The molecule has 4 nitrogen and oxygen atoms in total. The van der Waals surface area contributed by atoms with Crippen LogP contribution in [0.1, 0.15) is 31.1 Å². The van der Waals surface area contributed by atoms with Gasteiger partial charge in [0.15, 0.2) is 0 Å². The molecule has 18 heavy (non-hydrogen) atoms. The molecule has 0 saturated carbocycles. The first kappa shape index (κ1) is 14.2. The molecule has 0 aliphatic heterocycles. The van der Waals surface area contributed by atoms with E-state index in [1.54, 1.807) is 20.8 Å². The van der Waals surface area contributed by atoms with Crippen molar-refractivity contribution in [3.8, 4) is 0 Å². The summed E-state index contributed by atoms with van der Waals surface area (Å²) in [6.45, 7) is 5.16. The number of benzene rings is 1. The lowest BCUT2D eigenvalue weighted by Gasteiger charge is -2.27. The van der Waals surface area contributed by atoms with Gasteiger partial charge in [-0.05, 0) is 29.7 Å². The Hall–Kier alpha value is -1.91. The largest absolute Gasteiger partial charge is 0.480 e. The average Bonchev–Trinajstić information content (AvgIpc) is 2.24. The number of aliphatic carboxylic acids is 1. The molecule has 0 saturated heterocycles. The number of hydrogen-bond donors (Lipinski definition) is 2. The molecule has 1 atom stereocenters. The summed E-state index contributed by atoms with van der Waals surface area (Å²) < 4.78 is 12.7. The van der Waals surface area contributed by atoms with Gasteiger partial charge in [0, 0.05) is 5.56 Å². The number of carbonyl (C=O) groups excluding carboxylic acids is 1. The molecule has 0 spiro atoms. The lowest BCUT2D eigenvalue weighted by Crippen LogP contribution is -2.49. The van der Waals surface area contributed by atoms with Gasteiger partial charge in [-0.25, -0.2) is 9.18 Å². The number of carboxylic acids is 1. The first-order valence-electron chi connectivity index (χ1n) is 5.51. The zero-order valence-corrected chi connectivity index (χ0v) is 10.5. The molecule has 0 bridgehead atoms. The van der Waals surface area contributed by atoms with Crippen LogP contribution >= 0.6 is 0 Å². The molecular formula is C13H16FNO3. The summed E-state index contributed by atoms with van der Waals surface area (Å²) in [5, 5.41) is 11.5. The van der Waals surface area contributed by atoms with Gasteiger partial charge < -0.3 is 10.4 Å². The number of nitrogens with one attached hydrogen (secondary N) is 1. The zero-order chi connectivity index (χ0) is 13.9. The van der Waals surface area contributed by atoms with Crippen LogP contribution in [0.3, 0.4) is 0 Å². The molecule has 1 rings (SSSR count). The number of halogens is 1. The molecule has 98 valence electrons. The van der Waals surface area contributed by atoms with Crippen LogP contribution in [-0.4, -0.2) is 23.0 Å². The predicted molar refractivity (Wildman–Crippen MR) is 64.7 cm³/mol. The number of carboxylic acid groups (broad SMARTS) is 1. The highest BCUT2D eigenvalue weighted by atomic mass is 19.1. The summed E-state index contributed by atoms with van der Waals surface area (Å²) in [6, 6.07) is 3.93. The number of rotatable bonds is 3. The molecule has 1 amide bonds. The summed E-state index contributed by atoms with van der Waals surface area (Å²) in [4.78, 5) is 22.9. The Labute approximate surface area is 105 Å². The van der Waals surface area contributed by atoms with Crippen molar-refractivity contribution < 1.29 is 19.1 Å². The van der Waals surface area contributed by atoms with Gasteiger partial charge >= 0.3 is 5.97 Å². The summed E-state index contributed by atoms with van der Waals surface area (Å²) in [5.74, 6) is -2.08. The molecule has 0 aliphatic carbocycles. The maximum atomic E-state index is 12.7. The Bertz CT molecular complexity index is 448. The third kappa shape index (κ3) is 3.55. The minimum absolute atomic E-state index is 0.229. The van der Waals surface area contributed by atoms with E-state index in [2.05, 4.69) is 5.32 Å². The molecule has 0 unspecified atom stereocenters. The van der Waals surface area contributed by atoms with Crippen molar-refractivity contribution >= 4 is 11.9 Å². The highest BCUT2D eigenvalue weighted by molar-refractivity contribution is 5.96. The normalized spacial score (nSPS) is 12.9. The Balaban J connectivity index is 2.86. The fraction of sp³-hybridized carbons (Fsp3) is 0.385. The molecule has 0 aliphatic rings. The van der Waals surface area contributed by atoms with Crippen LogP contribution in [0.2, 0.25) is 0 Å².